The first-order chi connectivity index (χ1) is 9.13. The van der Waals surface area contributed by atoms with E-state index in [-0.39, 0.29) is 36.6 Å². The summed E-state index contributed by atoms with van der Waals surface area (Å²) in [5.41, 5.74) is 1.66. The summed E-state index contributed by atoms with van der Waals surface area (Å²) in [6.45, 7) is 1.37. The van der Waals surface area contributed by atoms with Gasteiger partial charge in [-0.25, -0.2) is 0 Å². The van der Waals surface area contributed by atoms with Crippen LogP contribution < -0.4 is 10.6 Å². The van der Waals surface area contributed by atoms with Gasteiger partial charge < -0.3 is 15.5 Å². The number of hydrogen-bond acceptors (Lipinski definition) is 3. The molecule has 0 fully saturated rings. The highest BCUT2D eigenvalue weighted by Gasteiger charge is 2.31. The van der Waals surface area contributed by atoms with Gasteiger partial charge in [-0.3, -0.25) is 9.59 Å². The van der Waals surface area contributed by atoms with Crippen molar-refractivity contribution < 1.29 is 9.59 Å². The van der Waals surface area contributed by atoms with Crippen molar-refractivity contribution in [1.29, 1.82) is 0 Å². The van der Waals surface area contributed by atoms with E-state index in [9.17, 15) is 9.59 Å². The number of anilines is 1. The summed E-state index contributed by atoms with van der Waals surface area (Å²) in [5.74, 6) is -0.469. The Bertz CT molecular complexity index is 493. The van der Waals surface area contributed by atoms with Crippen LogP contribution in [0.1, 0.15) is 17.9 Å². The van der Waals surface area contributed by atoms with Gasteiger partial charge in [0.2, 0.25) is 11.8 Å². The van der Waals surface area contributed by atoms with E-state index in [0.29, 0.717) is 6.54 Å². The van der Waals surface area contributed by atoms with Crippen LogP contribution in [0.25, 0.3) is 0 Å². The van der Waals surface area contributed by atoms with E-state index in [1.165, 1.54) is 0 Å². The average molecular weight is 298 g/mol. The predicted octanol–water partition coefficient (Wildman–Crippen LogP) is 1.21. The quantitative estimate of drug-likeness (QED) is 0.878. The minimum absolute atomic E-state index is 0. The third-order valence-electron chi connectivity index (χ3n) is 3.37. The smallest absolute Gasteiger partial charge is 0.230 e. The number of rotatable bonds is 4. The fourth-order valence-electron chi connectivity index (χ4n) is 2.29. The Balaban J connectivity index is 0.00000200. The number of hydrogen-bond donors (Lipinski definition) is 2. The van der Waals surface area contributed by atoms with Crippen LogP contribution in [0.4, 0.5) is 5.69 Å². The molecule has 0 bridgehead atoms. The first kappa shape index (κ1) is 16.5. The topological polar surface area (TPSA) is 61.4 Å². The fraction of sp³-hybridized carbons (Fsp3) is 0.429. The van der Waals surface area contributed by atoms with Crippen molar-refractivity contribution in [3.05, 3.63) is 29.8 Å². The summed E-state index contributed by atoms with van der Waals surface area (Å²) >= 11 is 0. The van der Waals surface area contributed by atoms with E-state index in [1.807, 2.05) is 31.3 Å². The second kappa shape index (κ2) is 7.26. The van der Waals surface area contributed by atoms with Crippen LogP contribution in [0.2, 0.25) is 0 Å². The molecule has 0 saturated heterocycles. The van der Waals surface area contributed by atoms with Gasteiger partial charge in [0.05, 0.1) is 5.92 Å². The largest absolute Gasteiger partial charge is 0.344 e. The first-order valence-corrected chi connectivity index (χ1v) is 6.42. The number of carbonyl (C=O) groups is 2. The molecule has 1 unspecified atom stereocenters. The van der Waals surface area contributed by atoms with E-state index < -0.39 is 0 Å². The van der Waals surface area contributed by atoms with Crippen molar-refractivity contribution in [3.8, 4) is 0 Å². The van der Waals surface area contributed by atoms with E-state index in [1.54, 1.807) is 11.9 Å². The molecule has 1 atom stereocenters. The van der Waals surface area contributed by atoms with Gasteiger partial charge in [0.1, 0.15) is 0 Å². The Hall–Kier alpha value is -1.59. The molecule has 0 radical (unpaired) electrons. The van der Waals surface area contributed by atoms with E-state index in [4.69, 9.17) is 0 Å². The molecule has 110 valence electrons. The number of fused-ring (bicyclic) bond motifs is 1. The average Bonchev–Trinajstić information content (AvgIpc) is 2.42. The molecular weight excluding hydrogens is 278 g/mol. The second-order valence-electron chi connectivity index (χ2n) is 4.76. The van der Waals surface area contributed by atoms with Crippen LogP contribution in [-0.4, -0.2) is 43.9 Å². The molecule has 5 nitrogen and oxygen atoms in total. The lowest BCUT2D eigenvalue weighted by molar-refractivity contribution is -0.133. The summed E-state index contributed by atoms with van der Waals surface area (Å²) < 4.78 is 0. The number of para-hydroxylation sites is 1. The highest BCUT2D eigenvalue weighted by molar-refractivity contribution is 6.01. The number of nitrogens with one attached hydrogen (secondary N) is 2. The first-order valence-electron chi connectivity index (χ1n) is 6.42. The second-order valence-corrected chi connectivity index (χ2v) is 4.76. The maximum atomic E-state index is 12.4. The van der Waals surface area contributed by atoms with Gasteiger partial charge in [-0.05, 0) is 18.7 Å². The molecule has 2 rings (SSSR count). The molecule has 20 heavy (non-hydrogen) atoms. The maximum absolute atomic E-state index is 12.4. The zero-order chi connectivity index (χ0) is 13.8. The molecule has 2 N–H and O–H groups in total. The minimum atomic E-state index is -0.369. The predicted molar refractivity (Wildman–Crippen MR) is 81.2 cm³/mol. The molecular formula is C14H20ClN3O2. The Morgan fingerprint density at radius 3 is 2.85 bits per heavy atom. The summed E-state index contributed by atoms with van der Waals surface area (Å²) in [4.78, 5) is 25.8. The SMILES string of the molecule is CNCCN(C)C(=O)C1CC(=O)Nc2ccccc21.Cl. The van der Waals surface area contributed by atoms with Crippen molar-refractivity contribution in [2.75, 3.05) is 32.5 Å². The monoisotopic (exact) mass is 297 g/mol. The molecule has 1 heterocycles. The molecule has 1 aromatic rings. The molecule has 0 aromatic heterocycles. The third kappa shape index (κ3) is 3.49. The van der Waals surface area contributed by atoms with Crippen molar-refractivity contribution >= 4 is 29.9 Å². The molecule has 1 aliphatic heterocycles. The lowest BCUT2D eigenvalue weighted by Crippen LogP contribution is -2.39. The molecule has 6 heteroatoms. The van der Waals surface area contributed by atoms with Gasteiger partial charge in [-0.1, -0.05) is 18.2 Å². The third-order valence-corrected chi connectivity index (χ3v) is 3.37. The summed E-state index contributed by atoms with van der Waals surface area (Å²) in [7, 11) is 3.62. The summed E-state index contributed by atoms with van der Waals surface area (Å²) in [6.07, 6.45) is 0.222. The maximum Gasteiger partial charge on any atom is 0.230 e. The highest BCUT2D eigenvalue weighted by atomic mass is 35.5. The van der Waals surface area contributed by atoms with Gasteiger partial charge in [0, 0.05) is 32.2 Å². The number of halogens is 1. The molecule has 0 aliphatic carbocycles. The van der Waals surface area contributed by atoms with E-state index in [2.05, 4.69) is 10.6 Å². The zero-order valence-electron chi connectivity index (χ0n) is 11.7. The van der Waals surface area contributed by atoms with Gasteiger partial charge in [-0.2, -0.15) is 0 Å². The standard InChI is InChI=1S/C14H19N3O2.ClH/c1-15-7-8-17(2)14(19)11-9-13(18)16-12-6-4-3-5-10(11)12;/h3-6,11,15H,7-9H2,1-2H3,(H,16,18);1H. The van der Waals surface area contributed by atoms with Gasteiger partial charge in [-0.15, -0.1) is 12.4 Å². The Kier molecular flexibility index (Phi) is 5.98. The van der Waals surface area contributed by atoms with Gasteiger partial charge in [0.15, 0.2) is 0 Å². The lowest BCUT2D eigenvalue weighted by atomic mass is 9.89. The van der Waals surface area contributed by atoms with Crippen LogP contribution in [0.3, 0.4) is 0 Å². The zero-order valence-corrected chi connectivity index (χ0v) is 12.5. The van der Waals surface area contributed by atoms with Gasteiger partial charge in [0.25, 0.3) is 0 Å². The Labute approximate surface area is 125 Å². The van der Waals surface area contributed by atoms with Gasteiger partial charge >= 0.3 is 0 Å². The molecule has 1 aromatic carbocycles. The number of nitrogens with zero attached hydrogens (tertiary/aromatic N) is 1. The minimum Gasteiger partial charge on any atom is -0.344 e. The number of amides is 2. The van der Waals surface area contributed by atoms with Crippen LogP contribution in [0, 0.1) is 0 Å². The fourth-order valence-corrected chi connectivity index (χ4v) is 2.29. The molecule has 2 amide bonds. The van der Waals surface area contributed by atoms with Crippen LogP contribution in [0.5, 0.6) is 0 Å². The van der Waals surface area contributed by atoms with Crippen LogP contribution >= 0.6 is 12.4 Å². The number of carbonyl (C=O) groups excluding carboxylic acids is 2. The van der Waals surface area contributed by atoms with Crippen LogP contribution in [-0.2, 0) is 9.59 Å². The van der Waals surface area contributed by atoms with Crippen molar-refractivity contribution in [3.63, 3.8) is 0 Å². The number of likely N-dealkylation sites (N-methyl/N-ethyl adjacent to an activating group) is 2. The van der Waals surface area contributed by atoms with Crippen molar-refractivity contribution in [2.24, 2.45) is 0 Å². The van der Waals surface area contributed by atoms with Crippen molar-refractivity contribution in [2.45, 2.75) is 12.3 Å². The lowest BCUT2D eigenvalue weighted by Gasteiger charge is -2.28. The van der Waals surface area contributed by atoms with Crippen molar-refractivity contribution in [1.82, 2.24) is 10.2 Å². The van der Waals surface area contributed by atoms with Crippen LogP contribution in [0.15, 0.2) is 24.3 Å². The van der Waals surface area contributed by atoms with E-state index in [0.717, 1.165) is 17.8 Å². The Morgan fingerprint density at radius 2 is 2.15 bits per heavy atom. The highest BCUT2D eigenvalue weighted by Crippen LogP contribution is 2.32. The molecule has 1 aliphatic rings. The summed E-state index contributed by atoms with van der Waals surface area (Å²) in [5, 5.41) is 5.82. The molecule has 0 saturated carbocycles. The number of benzene rings is 1. The summed E-state index contributed by atoms with van der Waals surface area (Å²) in [6, 6.07) is 7.49. The van der Waals surface area contributed by atoms with E-state index >= 15 is 0 Å². The Morgan fingerprint density at radius 1 is 1.45 bits per heavy atom. The molecule has 0 spiro atoms. The normalized spacial score (nSPS) is 16.7.